The van der Waals surface area contributed by atoms with Crippen molar-refractivity contribution in [2.24, 2.45) is 0 Å². The average molecular weight is 498 g/mol. The molecular formula is C27H32FN3O3S. The van der Waals surface area contributed by atoms with E-state index in [1.165, 1.54) is 18.2 Å². The van der Waals surface area contributed by atoms with Crippen LogP contribution in [0.3, 0.4) is 0 Å². The fourth-order valence-corrected chi connectivity index (χ4v) is 5.10. The first-order valence-electron chi connectivity index (χ1n) is 11.7. The van der Waals surface area contributed by atoms with Gasteiger partial charge in [-0.25, -0.2) is 12.8 Å². The summed E-state index contributed by atoms with van der Waals surface area (Å²) < 4.78 is 42.5. The maximum Gasteiger partial charge on any atom is 0.244 e. The van der Waals surface area contributed by atoms with E-state index in [0.717, 1.165) is 42.4 Å². The number of rotatable bonds is 12. The van der Waals surface area contributed by atoms with Crippen molar-refractivity contribution in [3.63, 3.8) is 0 Å². The van der Waals surface area contributed by atoms with Crippen LogP contribution in [0.4, 0.5) is 4.39 Å². The molecule has 0 spiro atoms. The Labute approximate surface area is 207 Å². The molecule has 0 saturated carbocycles. The van der Waals surface area contributed by atoms with Gasteiger partial charge < -0.3 is 5.32 Å². The van der Waals surface area contributed by atoms with Gasteiger partial charge in [-0.1, -0.05) is 80.6 Å². The number of amides is 1. The number of carbonyl (C=O) groups excluding carboxylic acids is 1. The average Bonchev–Trinajstić information content (AvgIpc) is 2.86. The first kappa shape index (κ1) is 26.5. The molecule has 3 rings (SSSR count). The molecule has 0 unspecified atom stereocenters. The van der Waals surface area contributed by atoms with Gasteiger partial charge in [0.2, 0.25) is 15.9 Å². The fraction of sp³-hybridized carbons (Fsp3) is 0.296. The van der Waals surface area contributed by atoms with Crippen LogP contribution in [0, 0.1) is 5.82 Å². The quantitative estimate of drug-likeness (QED) is 0.398. The second kappa shape index (κ2) is 12.6. The Morgan fingerprint density at radius 3 is 2.14 bits per heavy atom. The number of hydrogen-bond donors (Lipinski definition) is 2. The molecular weight excluding hydrogens is 465 g/mol. The molecule has 0 aromatic heterocycles. The normalized spacial score (nSPS) is 12.5. The number of sulfonamides is 1. The molecule has 6 nitrogen and oxygen atoms in total. The second-order valence-electron chi connectivity index (χ2n) is 8.24. The summed E-state index contributed by atoms with van der Waals surface area (Å²) in [6.45, 7) is 7.03. The Balaban J connectivity index is 1.80. The summed E-state index contributed by atoms with van der Waals surface area (Å²) in [5, 5.41) is 2.88. The molecule has 35 heavy (non-hydrogen) atoms. The molecule has 0 saturated heterocycles. The van der Waals surface area contributed by atoms with Gasteiger partial charge in [-0.05, 0) is 48.3 Å². The zero-order chi connectivity index (χ0) is 25.3. The van der Waals surface area contributed by atoms with Crippen molar-refractivity contribution in [2.75, 3.05) is 13.1 Å². The standard InChI is InChI=1S/C27H32FN3O3S/c1-3-31(4-2)20-23-15-9-8-14-22(23)19-29-27(32)25(18-21-12-6-5-7-13-21)30-35(33,34)26-17-11-10-16-24(26)28/h5-17,25,30H,3-4,18-20H2,1-2H3,(H,29,32)/t25-/m0/s1. The first-order chi connectivity index (χ1) is 16.8. The summed E-state index contributed by atoms with van der Waals surface area (Å²) in [5.41, 5.74) is 2.84. The van der Waals surface area contributed by atoms with Crippen LogP contribution < -0.4 is 10.0 Å². The molecule has 0 radical (unpaired) electrons. The Morgan fingerprint density at radius 1 is 0.886 bits per heavy atom. The minimum absolute atomic E-state index is 0.126. The third-order valence-electron chi connectivity index (χ3n) is 5.88. The number of hydrogen-bond acceptors (Lipinski definition) is 4. The number of nitrogens with one attached hydrogen (secondary N) is 2. The van der Waals surface area contributed by atoms with Crippen LogP contribution in [0.5, 0.6) is 0 Å². The van der Waals surface area contributed by atoms with Crippen molar-refractivity contribution in [1.29, 1.82) is 0 Å². The highest BCUT2D eigenvalue weighted by Gasteiger charge is 2.28. The van der Waals surface area contributed by atoms with Crippen molar-refractivity contribution < 1.29 is 17.6 Å². The van der Waals surface area contributed by atoms with Gasteiger partial charge in [-0.3, -0.25) is 9.69 Å². The van der Waals surface area contributed by atoms with Crippen molar-refractivity contribution in [2.45, 2.75) is 44.3 Å². The largest absolute Gasteiger partial charge is 0.351 e. The molecule has 0 aliphatic rings. The maximum atomic E-state index is 14.2. The van der Waals surface area contributed by atoms with Gasteiger partial charge in [-0.2, -0.15) is 4.72 Å². The Kier molecular flexibility index (Phi) is 9.54. The van der Waals surface area contributed by atoms with E-state index >= 15 is 0 Å². The number of halogens is 1. The molecule has 2 N–H and O–H groups in total. The maximum absolute atomic E-state index is 14.2. The summed E-state index contributed by atoms with van der Waals surface area (Å²) in [7, 11) is -4.26. The van der Waals surface area contributed by atoms with Crippen molar-refractivity contribution >= 4 is 15.9 Å². The second-order valence-corrected chi connectivity index (χ2v) is 9.92. The van der Waals surface area contributed by atoms with Crippen LogP contribution in [0.25, 0.3) is 0 Å². The highest BCUT2D eigenvalue weighted by molar-refractivity contribution is 7.89. The van der Waals surface area contributed by atoms with E-state index in [-0.39, 0.29) is 13.0 Å². The lowest BCUT2D eigenvalue weighted by atomic mass is 10.0. The molecule has 1 amide bonds. The van der Waals surface area contributed by atoms with Gasteiger partial charge in [0, 0.05) is 13.1 Å². The zero-order valence-electron chi connectivity index (χ0n) is 20.1. The van der Waals surface area contributed by atoms with Gasteiger partial charge in [-0.15, -0.1) is 0 Å². The molecule has 0 fully saturated rings. The molecule has 0 aliphatic heterocycles. The SMILES string of the molecule is CCN(CC)Cc1ccccc1CNC(=O)[C@H](Cc1ccccc1)NS(=O)(=O)c1ccccc1F. The van der Waals surface area contributed by atoms with Gasteiger partial charge >= 0.3 is 0 Å². The van der Waals surface area contributed by atoms with E-state index in [9.17, 15) is 17.6 Å². The summed E-state index contributed by atoms with van der Waals surface area (Å²) in [5.74, 6) is -1.35. The molecule has 3 aromatic rings. The minimum Gasteiger partial charge on any atom is -0.351 e. The summed E-state index contributed by atoms with van der Waals surface area (Å²) in [6, 6.07) is 21.0. The molecule has 186 valence electrons. The van der Waals surface area contributed by atoms with Gasteiger partial charge in [0.25, 0.3) is 0 Å². The van der Waals surface area contributed by atoms with E-state index in [1.807, 2.05) is 54.6 Å². The van der Waals surface area contributed by atoms with Crippen molar-refractivity contribution in [3.8, 4) is 0 Å². The number of benzene rings is 3. The van der Waals surface area contributed by atoms with E-state index in [1.54, 1.807) is 0 Å². The topological polar surface area (TPSA) is 78.5 Å². The third-order valence-corrected chi connectivity index (χ3v) is 7.39. The van der Waals surface area contributed by atoms with Gasteiger partial charge in [0.05, 0.1) is 0 Å². The van der Waals surface area contributed by atoms with Crippen molar-refractivity contribution in [1.82, 2.24) is 14.9 Å². The Bertz CT molecular complexity index is 1220. The number of carbonyl (C=O) groups is 1. The third kappa shape index (κ3) is 7.45. The molecule has 3 aromatic carbocycles. The predicted octanol–water partition coefficient (Wildman–Crippen LogP) is 3.87. The summed E-state index contributed by atoms with van der Waals surface area (Å²) in [4.78, 5) is 15.0. The van der Waals surface area contributed by atoms with Crippen LogP contribution >= 0.6 is 0 Å². The molecule has 0 heterocycles. The van der Waals surface area contributed by atoms with E-state index in [4.69, 9.17) is 0 Å². The van der Waals surface area contributed by atoms with Crippen LogP contribution in [0.2, 0.25) is 0 Å². The minimum atomic E-state index is -4.26. The molecule has 1 atom stereocenters. The van der Waals surface area contributed by atoms with Crippen molar-refractivity contribution in [3.05, 3.63) is 101 Å². The highest BCUT2D eigenvalue weighted by Crippen LogP contribution is 2.16. The fourth-order valence-electron chi connectivity index (χ4n) is 3.83. The Hall–Kier alpha value is -3.07. The van der Waals surface area contributed by atoms with E-state index < -0.39 is 32.7 Å². The number of nitrogens with zero attached hydrogens (tertiary/aromatic N) is 1. The molecule has 0 aliphatic carbocycles. The van der Waals surface area contributed by atoms with Gasteiger partial charge in [0.15, 0.2) is 0 Å². The first-order valence-corrected chi connectivity index (χ1v) is 13.2. The predicted molar refractivity (Wildman–Crippen MR) is 136 cm³/mol. The summed E-state index contributed by atoms with van der Waals surface area (Å²) in [6.07, 6.45) is 0.126. The van der Waals surface area contributed by atoms with Crippen LogP contribution in [0.15, 0.2) is 83.8 Å². The summed E-state index contributed by atoms with van der Waals surface area (Å²) >= 11 is 0. The van der Waals surface area contributed by atoms with E-state index in [2.05, 4.69) is 28.8 Å². The molecule has 8 heteroatoms. The lowest BCUT2D eigenvalue weighted by molar-refractivity contribution is -0.122. The van der Waals surface area contributed by atoms with Crippen LogP contribution in [-0.4, -0.2) is 38.4 Å². The van der Waals surface area contributed by atoms with E-state index in [0.29, 0.717) is 0 Å². The lowest BCUT2D eigenvalue weighted by Crippen LogP contribution is -2.48. The Morgan fingerprint density at radius 2 is 1.49 bits per heavy atom. The van der Waals surface area contributed by atoms with Crippen LogP contribution in [0.1, 0.15) is 30.5 Å². The molecule has 0 bridgehead atoms. The van der Waals surface area contributed by atoms with Gasteiger partial charge in [0.1, 0.15) is 16.8 Å². The smallest absolute Gasteiger partial charge is 0.244 e. The van der Waals surface area contributed by atoms with Crippen LogP contribution in [-0.2, 0) is 34.3 Å². The lowest BCUT2D eigenvalue weighted by Gasteiger charge is -2.22. The highest BCUT2D eigenvalue weighted by atomic mass is 32.2. The zero-order valence-corrected chi connectivity index (χ0v) is 20.9. The monoisotopic (exact) mass is 497 g/mol.